The number of rotatable bonds is 8. The van der Waals surface area contributed by atoms with Crippen LogP contribution in [0.15, 0.2) is 42.6 Å². The first kappa shape index (κ1) is 24.4. The molecule has 10 nitrogen and oxygen atoms in total. The topological polar surface area (TPSA) is 109 Å². The van der Waals surface area contributed by atoms with Gasteiger partial charge in [-0.1, -0.05) is 0 Å². The third-order valence-corrected chi connectivity index (χ3v) is 5.08. The number of benzene rings is 1. The molecule has 0 saturated carbocycles. The van der Waals surface area contributed by atoms with Gasteiger partial charge < -0.3 is 24.8 Å². The lowest BCUT2D eigenvalue weighted by Gasteiger charge is -2.34. The van der Waals surface area contributed by atoms with Gasteiger partial charge in [-0.3, -0.25) is 4.90 Å². The summed E-state index contributed by atoms with van der Waals surface area (Å²) in [5.41, 5.74) is 0. The molecule has 35 heavy (non-hydrogen) atoms. The molecule has 13 heteroatoms. The van der Waals surface area contributed by atoms with Crippen molar-refractivity contribution >= 4 is 17.7 Å². The number of aromatic nitrogens is 4. The minimum absolute atomic E-state index is 0.138. The Morgan fingerprint density at radius 1 is 0.943 bits per heavy atom. The number of aliphatic hydroxyl groups is 1. The van der Waals surface area contributed by atoms with Gasteiger partial charge >= 0.3 is 6.36 Å². The van der Waals surface area contributed by atoms with E-state index in [0.29, 0.717) is 41.6 Å². The standard InChI is InChI=1S/C22H24F3N7O3/c1-15-27-20(30-21(28-15)32-10-8-31(9-11-32)12-13-33)29-19-7-6-18(14-26-19)34-16-2-4-17(5-3-16)35-22(23,24)25/h2-7,14,33H,8-13H2,1H3,(H,26,27,28,29,30). The average Bonchev–Trinajstić information content (AvgIpc) is 2.81. The molecule has 1 fully saturated rings. The fourth-order valence-corrected chi connectivity index (χ4v) is 3.45. The summed E-state index contributed by atoms with van der Waals surface area (Å²) in [6, 6.07) is 8.39. The third-order valence-electron chi connectivity index (χ3n) is 5.08. The molecule has 0 atom stereocenters. The number of hydrogen-bond acceptors (Lipinski definition) is 10. The molecule has 186 valence electrons. The molecule has 0 amide bonds. The Balaban J connectivity index is 1.36. The molecule has 2 N–H and O–H groups in total. The first-order chi connectivity index (χ1) is 16.8. The Labute approximate surface area is 199 Å². The van der Waals surface area contributed by atoms with Crippen molar-refractivity contribution < 1.29 is 27.8 Å². The molecule has 4 rings (SSSR count). The lowest BCUT2D eigenvalue weighted by Crippen LogP contribution is -2.47. The average molecular weight is 491 g/mol. The summed E-state index contributed by atoms with van der Waals surface area (Å²) in [6.07, 6.45) is -3.28. The van der Waals surface area contributed by atoms with Crippen molar-refractivity contribution in [2.75, 3.05) is 49.5 Å². The first-order valence-corrected chi connectivity index (χ1v) is 10.8. The van der Waals surface area contributed by atoms with Gasteiger partial charge in [0.15, 0.2) is 0 Å². The summed E-state index contributed by atoms with van der Waals surface area (Å²) in [6.45, 7) is 5.70. The molecule has 3 heterocycles. The summed E-state index contributed by atoms with van der Waals surface area (Å²) >= 11 is 0. The number of halogens is 3. The monoisotopic (exact) mass is 491 g/mol. The second-order valence-corrected chi connectivity index (χ2v) is 7.68. The Bertz CT molecular complexity index is 1110. The van der Waals surface area contributed by atoms with E-state index in [1.165, 1.54) is 30.5 Å². The minimum atomic E-state index is -4.75. The molecule has 0 aliphatic carbocycles. The Morgan fingerprint density at radius 3 is 2.26 bits per heavy atom. The molecule has 0 radical (unpaired) electrons. The number of nitrogens with one attached hydrogen (secondary N) is 1. The highest BCUT2D eigenvalue weighted by Crippen LogP contribution is 2.27. The number of nitrogens with zero attached hydrogens (tertiary/aromatic N) is 6. The van der Waals surface area contributed by atoms with Gasteiger partial charge in [0.1, 0.15) is 28.9 Å². The van der Waals surface area contributed by atoms with E-state index in [1.54, 1.807) is 19.1 Å². The highest BCUT2D eigenvalue weighted by molar-refractivity contribution is 5.50. The van der Waals surface area contributed by atoms with E-state index in [-0.39, 0.29) is 12.4 Å². The number of ether oxygens (including phenoxy) is 2. The van der Waals surface area contributed by atoms with E-state index in [4.69, 9.17) is 9.84 Å². The summed E-state index contributed by atoms with van der Waals surface area (Å²) < 4.78 is 46.3. The van der Waals surface area contributed by atoms with Crippen LogP contribution in [0, 0.1) is 6.92 Å². The van der Waals surface area contributed by atoms with Crippen LogP contribution in [0.1, 0.15) is 5.82 Å². The van der Waals surface area contributed by atoms with Crippen LogP contribution in [0.2, 0.25) is 0 Å². The highest BCUT2D eigenvalue weighted by Gasteiger charge is 2.31. The van der Waals surface area contributed by atoms with Crippen molar-refractivity contribution in [2.45, 2.75) is 13.3 Å². The van der Waals surface area contributed by atoms with Crippen molar-refractivity contribution in [2.24, 2.45) is 0 Å². The minimum Gasteiger partial charge on any atom is -0.456 e. The van der Waals surface area contributed by atoms with Crippen molar-refractivity contribution in [3.8, 4) is 17.2 Å². The Kier molecular flexibility index (Phi) is 7.46. The van der Waals surface area contributed by atoms with Gasteiger partial charge in [-0.15, -0.1) is 13.2 Å². The van der Waals surface area contributed by atoms with Gasteiger partial charge in [0.05, 0.1) is 12.8 Å². The molecule has 1 aromatic carbocycles. The summed E-state index contributed by atoms with van der Waals surface area (Å²) in [5.74, 6) is 2.37. The summed E-state index contributed by atoms with van der Waals surface area (Å²) in [5, 5.41) is 12.2. The fourth-order valence-electron chi connectivity index (χ4n) is 3.45. The predicted octanol–water partition coefficient (Wildman–Crippen LogP) is 3.12. The molecular formula is C22H24F3N7O3. The van der Waals surface area contributed by atoms with Crippen molar-refractivity contribution in [1.29, 1.82) is 0 Å². The van der Waals surface area contributed by atoms with Crippen molar-refractivity contribution in [1.82, 2.24) is 24.8 Å². The Hall–Kier alpha value is -3.71. The van der Waals surface area contributed by atoms with E-state index >= 15 is 0 Å². The maximum atomic E-state index is 12.3. The van der Waals surface area contributed by atoms with E-state index < -0.39 is 6.36 Å². The number of anilines is 3. The molecule has 1 saturated heterocycles. The van der Waals surface area contributed by atoms with Crippen LogP contribution >= 0.6 is 0 Å². The Morgan fingerprint density at radius 2 is 1.63 bits per heavy atom. The number of alkyl halides is 3. The molecule has 0 unspecified atom stereocenters. The molecular weight excluding hydrogens is 467 g/mol. The van der Waals surface area contributed by atoms with Crippen LogP contribution in [0.25, 0.3) is 0 Å². The normalized spacial score (nSPS) is 14.6. The quantitative estimate of drug-likeness (QED) is 0.488. The maximum absolute atomic E-state index is 12.3. The number of piperazine rings is 1. The van der Waals surface area contributed by atoms with Crippen LogP contribution < -0.4 is 19.7 Å². The smallest absolute Gasteiger partial charge is 0.456 e. The van der Waals surface area contributed by atoms with Crippen molar-refractivity contribution in [3.63, 3.8) is 0 Å². The molecule has 0 spiro atoms. The fraction of sp³-hybridized carbons (Fsp3) is 0.364. The number of aryl methyl sites for hydroxylation is 1. The predicted molar refractivity (Wildman–Crippen MR) is 121 cm³/mol. The third kappa shape index (κ3) is 7.13. The largest absolute Gasteiger partial charge is 0.573 e. The van der Waals surface area contributed by atoms with Gasteiger partial charge in [0, 0.05) is 32.7 Å². The van der Waals surface area contributed by atoms with E-state index in [2.05, 4.69) is 39.8 Å². The zero-order valence-electron chi connectivity index (χ0n) is 18.9. The zero-order valence-corrected chi connectivity index (χ0v) is 18.9. The summed E-state index contributed by atoms with van der Waals surface area (Å²) in [4.78, 5) is 21.8. The van der Waals surface area contributed by atoms with Gasteiger partial charge in [0.2, 0.25) is 11.9 Å². The van der Waals surface area contributed by atoms with Gasteiger partial charge in [0.25, 0.3) is 0 Å². The van der Waals surface area contributed by atoms with Crippen LogP contribution in [-0.4, -0.2) is 75.6 Å². The lowest BCUT2D eigenvalue weighted by molar-refractivity contribution is -0.274. The van der Waals surface area contributed by atoms with E-state index in [1.807, 2.05) is 0 Å². The second kappa shape index (κ2) is 10.7. The molecule has 2 aromatic heterocycles. The molecule has 0 bridgehead atoms. The molecule has 1 aliphatic rings. The number of aliphatic hydroxyl groups excluding tert-OH is 1. The van der Waals surface area contributed by atoms with Gasteiger partial charge in [-0.05, 0) is 43.3 Å². The zero-order chi connectivity index (χ0) is 24.8. The SMILES string of the molecule is Cc1nc(Nc2ccc(Oc3ccc(OC(F)(F)F)cc3)cn2)nc(N2CCN(CCO)CC2)n1. The van der Waals surface area contributed by atoms with Gasteiger partial charge in [-0.25, -0.2) is 4.98 Å². The number of β-amino-alcohol motifs (C(OH)–C–C–N with tert-alkyl or cyclic N) is 1. The van der Waals surface area contributed by atoms with Crippen LogP contribution in [-0.2, 0) is 0 Å². The van der Waals surface area contributed by atoms with Crippen LogP contribution in [0.4, 0.5) is 30.9 Å². The molecule has 3 aromatic rings. The van der Waals surface area contributed by atoms with E-state index in [0.717, 1.165) is 26.2 Å². The summed E-state index contributed by atoms with van der Waals surface area (Å²) in [7, 11) is 0. The maximum Gasteiger partial charge on any atom is 0.573 e. The van der Waals surface area contributed by atoms with Crippen LogP contribution in [0.3, 0.4) is 0 Å². The molecule has 1 aliphatic heterocycles. The second-order valence-electron chi connectivity index (χ2n) is 7.68. The number of hydrogen-bond donors (Lipinski definition) is 2. The number of pyridine rings is 1. The van der Waals surface area contributed by atoms with Gasteiger partial charge in [-0.2, -0.15) is 15.0 Å². The van der Waals surface area contributed by atoms with E-state index in [9.17, 15) is 13.2 Å². The van der Waals surface area contributed by atoms with Crippen molar-refractivity contribution in [3.05, 3.63) is 48.4 Å². The van der Waals surface area contributed by atoms with Crippen LogP contribution in [0.5, 0.6) is 17.2 Å². The highest BCUT2D eigenvalue weighted by atomic mass is 19.4. The lowest BCUT2D eigenvalue weighted by atomic mass is 10.3. The first-order valence-electron chi connectivity index (χ1n) is 10.8.